The van der Waals surface area contributed by atoms with Crippen molar-refractivity contribution in [2.75, 3.05) is 20.3 Å². The molecule has 1 N–H and O–H groups in total. The minimum Gasteiger partial charge on any atom is -0.469 e. The number of aliphatic hydroxyl groups is 1. The first-order valence-electron chi connectivity index (χ1n) is 7.71. The molecule has 0 aromatic rings. The zero-order chi connectivity index (χ0) is 15.5. The zero-order valence-electron chi connectivity index (χ0n) is 12.5. The summed E-state index contributed by atoms with van der Waals surface area (Å²) in [7, 11) is -2.21. The molecule has 21 heavy (non-hydrogen) atoms. The Bertz CT molecular complexity index is 462. The van der Waals surface area contributed by atoms with Crippen molar-refractivity contribution in [3.63, 3.8) is 0 Å². The van der Waals surface area contributed by atoms with E-state index in [0.717, 1.165) is 25.7 Å². The maximum absolute atomic E-state index is 12.9. The van der Waals surface area contributed by atoms with Gasteiger partial charge in [0.25, 0.3) is 0 Å². The summed E-state index contributed by atoms with van der Waals surface area (Å²) in [4.78, 5) is 11.8. The van der Waals surface area contributed by atoms with Gasteiger partial charge in [-0.15, -0.1) is 0 Å². The third-order valence-electron chi connectivity index (χ3n) is 4.70. The van der Waals surface area contributed by atoms with E-state index in [0.29, 0.717) is 25.8 Å². The van der Waals surface area contributed by atoms with Crippen molar-refractivity contribution in [1.29, 1.82) is 0 Å². The van der Waals surface area contributed by atoms with Crippen LogP contribution in [0.4, 0.5) is 0 Å². The Labute approximate surface area is 126 Å². The van der Waals surface area contributed by atoms with Gasteiger partial charge in [0.1, 0.15) is 0 Å². The van der Waals surface area contributed by atoms with Gasteiger partial charge in [0.15, 0.2) is 0 Å². The molecule has 1 saturated carbocycles. The van der Waals surface area contributed by atoms with Crippen molar-refractivity contribution in [2.45, 2.75) is 56.2 Å². The highest BCUT2D eigenvalue weighted by Gasteiger charge is 2.46. The Morgan fingerprint density at radius 1 is 1.24 bits per heavy atom. The van der Waals surface area contributed by atoms with Crippen LogP contribution >= 0.6 is 0 Å². The van der Waals surface area contributed by atoms with Crippen LogP contribution in [0.2, 0.25) is 0 Å². The summed E-state index contributed by atoms with van der Waals surface area (Å²) in [5.74, 6) is -0.964. The van der Waals surface area contributed by atoms with Crippen LogP contribution < -0.4 is 0 Å². The molecule has 0 aromatic heterocycles. The van der Waals surface area contributed by atoms with Crippen molar-refractivity contribution < 1.29 is 23.1 Å². The molecule has 0 amide bonds. The second-order valence-corrected chi connectivity index (χ2v) is 8.02. The Hall–Kier alpha value is -0.660. The molecule has 2 aliphatic rings. The lowest BCUT2D eigenvalue weighted by atomic mass is 10.0. The fraction of sp³-hybridized carbons (Fsp3) is 0.929. The van der Waals surface area contributed by atoms with Crippen LogP contribution in [0.1, 0.15) is 44.9 Å². The van der Waals surface area contributed by atoms with Gasteiger partial charge in [-0.05, 0) is 32.1 Å². The molecule has 2 fully saturated rings. The van der Waals surface area contributed by atoms with Crippen LogP contribution in [0, 0.1) is 5.92 Å². The topological polar surface area (TPSA) is 83.9 Å². The summed E-state index contributed by atoms with van der Waals surface area (Å²) >= 11 is 0. The van der Waals surface area contributed by atoms with E-state index >= 15 is 0 Å². The van der Waals surface area contributed by atoms with Gasteiger partial charge in [0.2, 0.25) is 10.0 Å². The molecule has 0 aromatic carbocycles. The number of rotatable bonds is 5. The van der Waals surface area contributed by atoms with E-state index in [1.54, 1.807) is 4.31 Å². The number of sulfonamides is 1. The predicted molar refractivity (Wildman–Crippen MR) is 78.1 cm³/mol. The number of hydrogen-bond acceptors (Lipinski definition) is 5. The van der Waals surface area contributed by atoms with Crippen molar-refractivity contribution in [3.8, 4) is 0 Å². The van der Waals surface area contributed by atoms with Gasteiger partial charge in [-0.1, -0.05) is 12.8 Å². The Kier molecular flexibility index (Phi) is 5.62. The first-order chi connectivity index (χ1) is 10.0. The van der Waals surface area contributed by atoms with Crippen LogP contribution in [-0.4, -0.2) is 55.4 Å². The number of methoxy groups -OCH3 is 1. The number of carbonyl (C=O) groups excluding carboxylic acids is 1. The minimum atomic E-state index is -3.52. The molecule has 7 heteroatoms. The lowest BCUT2D eigenvalue weighted by Gasteiger charge is -2.37. The smallest absolute Gasteiger partial charge is 0.310 e. The van der Waals surface area contributed by atoms with Gasteiger partial charge in [-0.25, -0.2) is 8.42 Å². The summed E-state index contributed by atoms with van der Waals surface area (Å²) in [6.45, 7) is 0.485. The number of esters is 1. The van der Waals surface area contributed by atoms with Gasteiger partial charge in [-0.3, -0.25) is 4.79 Å². The standard InChI is InChI=1S/C14H25NO5S/c1-20-14(17)12-6-4-7-13(12)21(18,19)15-9-3-2-5-11(15)8-10-16/h11-13,16H,2-10H2,1H3. The largest absolute Gasteiger partial charge is 0.469 e. The number of aliphatic hydroxyl groups excluding tert-OH is 1. The van der Waals surface area contributed by atoms with Crippen LogP contribution in [0.15, 0.2) is 0 Å². The van der Waals surface area contributed by atoms with E-state index in [1.807, 2.05) is 0 Å². The van der Waals surface area contributed by atoms with Gasteiger partial charge < -0.3 is 9.84 Å². The SMILES string of the molecule is COC(=O)C1CCCC1S(=O)(=O)N1CCCCC1CCO. The Morgan fingerprint density at radius 2 is 2.00 bits per heavy atom. The minimum absolute atomic E-state index is 0.0121. The van der Waals surface area contributed by atoms with E-state index in [4.69, 9.17) is 9.84 Å². The summed E-state index contributed by atoms with van der Waals surface area (Å²) in [5.41, 5.74) is 0. The number of piperidine rings is 1. The van der Waals surface area contributed by atoms with Crippen LogP contribution in [0.3, 0.4) is 0 Å². The fourth-order valence-electron chi connectivity index (χ4n) is 3.62. The average molecular weight is 319 g/mol. The van der Waals surface area contributed by atoms with Gasteiger partial charge in [0.05, 0.1) is 18.3 Å². The molecule has 3 unspecified atom stereocenters. The summed E-state index contributed by atoms with van der Waals surface area (Å²) in [5, 5.41) is 8.49. The monoisotopic (exact) mass is 319 g/mol. The lowest BCUT2D eigenvalue weighted by Crippen LogP contribution is -2.49. The number of nitrogens with zero attached hydrogens (tertiary/aromatic N) is 1. The Balaban J connectivity index is 2.20. The van der Waals surface area contributed by atoms with Gasteiger partial charge in [0, 0.05) is 19.2 Å². The quantitative estimate of drug-likeness (QED) is 0.761. The molecule has 6 nitrogen and oxygen atoms in total. The van der Waals surface area contributed by atoms with E-state index in [2.05, 4.69) is 0 Å². The number of carbonyl (C=O) groups is 1. The van der Waals surface area contributed by atoms with E-state index in [-0.39, 0.29) is 12.6 Å². The molecule has 1 heterocycles. The molecule has 122 valence electrons. The summed E-state index contributed by atoms with van der Waals surface area (Å²) in [6.07, 6.45) is 4.92. The van der Waals surface area contributed by atoms with E-state index < -0.39 is 27.2 Å². The Morgan fingerprint density at radius 3 is 2.67 bits per heavy atom. The fourth-order valence-corrected chi connectivity index (χ4v) is 6.11. The predicted octanol–water partition coefficient (Wildman–Crippen LogP) is 0.895. The molecule has 1 aliphatic carbocycles. The zero-order valence-corrected chi connectivity index (χ0v) is 13.3. The first-order valence-corrected chi connectivity index (χ1v) is 9.22. The molecule has 1 aliphatic heterocycles. The normalized spacial score (nSPS) is 31.2. The molecule has 0 radical (unpaired) electrons. The molecular formula is C14H25NO5S. The summed E-state index contributed by atoms with van der Waals surface area (Å²) < 4.78 is 32.2. The maximum Gasteiger partial charge on any atom is 0.310 e. The highest BCUT2D eigenvalue weighted by Crippen LogP contribution is 2.36. The molecule has 2 rings (SSSR count). The van der Waals surface area contributed by atoms with Crippen molar-refractivity contribution in [1.82, 2.24) is 4.31 Å². The molecule has 0 bridgehead atoms. The van der Waals surface area contributed by atoms with Crippen molar-refractivity contribution >= 4 is 16.0 Å². The lowest BCUT2D eigenvalue weighted by molar-refractivity contribution is -0.145. The number of ether oxygens (including phenoxy) is 1. The summed E-state index contributed by atoms with van der Waals surface area (Å²) in [6, 6.07) is -0.132. The molecule has 3 atom stereocenters. The first kappa shape index (κ1) is 16.7. The highest BCUT2D eigenvalue weighted by atomic mass is 32.2. The van der Waals surface area contributed by atoms with E-state index in [1.165, 1.54) is 7.11 Å². The molecule has 0 spiro atoms. The maximum atomic E-state index is 12.9. The third-order valence-corrected chi connectivity index (χ3v) is 7.17. The van der Waals surface area contributed by atoms with Crippen molar-refractivity contribution in [2.24, 2.45) is 5.92 Å². The van der Waals surface area contributed by atoms with Crippen LogP contribution in [-0.2, 0) is 19.6 Å². The van der Waals surface area contributed by atoms with Crippen LogP contribution in [0.25, 0.3) is 0 Å². The highest BCUT2D eigenvalue weighted by molar-refractivity contribution is 7.89. The third kappa shape index (κ3) is 3.40. The second kappa shape index (κ2) is 7.07. The van der Waals surface area contributed by atoms with Gasteiger partial charge >= 0.3 is 5.97 Å². The molecular weight excluding hydrogens is 294 g/mol. The van der Waals surface area contributed by atoms with Crippen molar-refractivity contribution in [3.05, 3.63) is 0 Å². The second-order valence-electron chi connectivity index (χ2n) is 5.92. The van der Waals surface area contributed by atoms with Crippen LogP contribution in [0.5, 0.6) is 0 Å². The van der Waals surface area contributed by atoms with Gasteiger partial charge in [-0.2, -0.15) is 4.31 Å². The molecule has 1 saturated heterocycles. The van der Waals surface area contributed by atoms with E-state index in [9.17, 15) is 13.2 Å². The average Bonchev–Trinajstić information content (AvgIpc) is 2.97. The number of hydrogen-bond donors (Lipinski definition) is 1.